The van der Waals surface area contributed by atoms with E-state index < -0.39 is 0 Å². The van der Waals surface area contributed by atoms with Gasteiger partial charge in [-0.2, -0.15) is 0 Å². The number of rotatable bonds is 4. The van der Waals surface area contributed by atoms with Crippen molar-refractivity contribution in [1.82, 2.24) is 10.2 Å². The highest BCUT2D eigenvalue weighted by Gasteiger charge is 2.36. The van der Waals surface area contributed by atoms with Gasteiger partial charge in [-0.1, -0.05) is 18.2 Å². The third-order valence-electron chi connectivity index (χ3n) is 4.66. The lowest BCUT2D eigenvalue weighted by Gasteiger charge is -2.33. The maximum Gasteiger partial charge on any atom is 0.0394 e. The first kappa shape index (κ1) is 14.5. The largest absolute Gasteiger partial charge is 0.319 e. The van der Waals surface area contributed by atoms with Gasteiger partial charge in [-0.15, -0.1) is 0 Å². The van der Waals surface area contributed by atoms with Gasteiger partial charge in [0.15, 0.2) is 0 Å². The van der Waals surface area contributed by atoms with Gasteiger partial charge in [0.1, 0.15) is 0 Å². The molecular weight excluding hydrogens is 232 g/mol. The summed E-state index contributed by atoms with van der Waals surface area (Å²) in [6, 6.07) is 7.96. The second-order valence-corrected chi connectivity index (χ2v) is 6.17. The Balaban J connectivity index is 2.37. The van der Waals surface area contributed by atoms with Crippen molar-refractivity contribution in [2.24, 2.45) is 5.92 Å². The third kappa shape index (κ3) is 2.85. The van der Waals surface area contributed by atoms with Crippen molar-refractivity contribution in [3.05, 3.63) is 34.9 Å². The van der Waals surface area contributed by atoms with Crippen LogP contribution in [-0.4, -0.2) is 31.1 Å². The van der Waals surface area contributed by atoms with Crippen LogP contribution in [0.2, 0.25) is 0 Å². The van der Waals surface area contributed by atoms with E-state index in [1.807, 2.05) is 0 Å². The standard InChI is InChI=1S/C17H28N2/c1-12(2)19-10-9-15(11-18-5)17(19)16-8-6-7-13(3)14(16)4/h6-8,12,15,17-18H,9-11H2,1-5H3. The number of nitrogens with one attached hydrogen (secondary N) is 1. The Morgan fingerprint density at radius 2 is 2.05 bits per heavy atom. The van der Waals surface area contributed by atoms with Crippen LogP contribution < -0.4 is 5.32 Å². The molecule has 0 saturated carbocycles. The van der Waals surface area contributed by atoms with Gasteiger partial charge in [0.25, 0.3) is 0 Å². The molecule has 2 atom stereocenters. The second kappa shape index (κ2) is 6.06. The van der Waals surface area contributed by atoms with Gasteiger partial charge in [-0.05, 0) is 76.9 Å². The number of likely N-dealkylation sites (tertiary alicyclic amines) is 1. The second-order valence-electron chi connectivity index (χ2n) is 6.17. The van der Waals surface area contributed by atoms with Crippen LogP contribution in [0.5, 0.6) is 0 Å². The maximum atomic E-state index is 3.38. The van der Waals surface area contributed by atoms with Gasteiger partial charge in [0.2, 0.25) is 0 Å². The van der Waals surface area contributed by atoms with E-state index in [9.17, 15) is 0 Å². The van der Waals surface area contributed by atoms with Crippen LogP contribution in [-0.2, 0) is 0 Å². The van der Waals surface area contributed by atoms with Crippen molar-refractivity contribution in [2.75, 3.05) is 20.1 Å². The van der Waals surface area contributed by atoms with Gasteiger partial charge in [-0.3, -0.25) is 4.90 Å². The molecule has 2 rings (SSSR count). The Morgan fingerprint density at radius 3 is 2.68 bits per heavy atom. The van der Waals surface area contributed by atoms with Crippen molar-refractivity contribution in [1.29, 1.82) is 0 Å². The van der Waals surface area contributed by atoms with Crippen LogP contribution in [0.25, 0.3) is 0 Å². The molecule has 0 aromatic heterocycles. The molecule has 1 aliphatic heterocycles. The number of aryl methyl sites for hydroxylation is 1. The Bertz CT molecular complexity index is 425. The molecule has 1 fully saturated rings. The molecule has 0 bridgehead atoms. The summed E-state index contributed by atoms with van der Waals surface area (Å²) in [7, 11) is 2.07. The fraction of sp³-hybridized carbons (Fsp3) is 0.647. The SMILES string of the molecule is CNCC1CCN(C(C)C)C1c1cccc(C)c1C. The first-order valence-electron chi connectivity index (χ1n) is 7.52. The van der Waals surface area contributed by atoms with Crippen molar-refractivity contribution >= 4 is 0 Å². The number of nitrogens with zero attached hydrogens (tertiary/aromatic N) is 1. The molecule has 1 aromatic carbocycles. The molecule has 0 radical (unpaired) electrons. The minimum atomic E-state index is 0.576. The van der Waals surface area contributed by atoms with E-state index >= 15 is 0 Å². The summed E-state index contributed by atoms with van der Waals surface area (Å²) in [6.07, 6.45) is 1.30. The van der Waals surface area contributed by atoms with E-state index in [0.29, 0.717) is 12.1 Å². The fourth-order valence-corrected chi connectivity index (χ4v) is 3.46. The Labute approximate surface area is 118 Å². The molecule has 2 unspecified atom stereocenters. The molecule has 2 heteroatoms. The van der Waals surface area contributed by atoms with E-state index in [0.717, 1.165) is 12.5 Å². The van der Waals surface area contributed by atoms with Crippen LogP contribution in [0.3, 0.4) is 0 Å². The minimum Gasteiger partial charge on any atom is -0.319 e. The fourth-order valence-electron chi connectivity index (χ4n) is 3.46. The quantitative estimate of drug-likeness (QED) is 0.893. The molecule has 0 spiro atoms. The van der Waals surface area contributed by atoms with Crippen LogP contribution in [0, 0.1) is 19.8 Å². The lowest BCUT2D eigenvalue weighted by Crippen LogP contribution is -2.34. The maximum absolute atomic E-state index is 3.38. The van der Waals surface area contributed by atoms with E-state index in [1.165, 1.54) is 29.7 Å². The average molecular weight is 260 g/mol. The van der Waals surface area contributed by atoms with Gasteiger partial charge in [0, 0.05) is 12.1 Å². The molecule has 1 aromatic rings. The summed E-state index contributed by atoms with van der Waals surface area (Å²) >= 11 is 0. The molecule has 1 N–H and O–H groups in total. The highest BCUT2D eigenvalue weighted by Crippen LogP contribution is 2.40. The van der Waals surface area contributed by atoms with Crippen LogP contribution in [0.15, 0.2) is 18.2 Å². The highest BCUT2D eigenvalue weighted by atomic mass is 15.2. The molecule has 0 aliphatic carbocycles. The number of hydrogen-bond acceptors (Lipinski definition) is 2. The lowest BCUT2D eigenvalue weighted by atomic mass is 9.89. The van der Waals surface area contributed by atoms with Crippen LogP contribution >= 0.6 is 0 Å². The topological polar surface area (TPSA) is 15.3 Å². The highest BCUT2D eigenvalue weighted by molar-refractivity contribution is 5.36. The summed E-state index contributed by atoms with van der Waals surface area (Å²) in [6.45, 7) is 11.5. The van der Waals surface area contributed by atoms with E-state index in [2.05, 4.69) is 63.2 Å². The summed E-state index contributed by atoms with van der Waals surface area (Å²) in [5.74, 6) is 0.730. The Kier molecular flexibility index (Phi) is 4.64. The first-order valence-corrected chi connectivity index (χ1v) is 7.52. The predicted octanol–water partition coefficient (Wildman–Crippen LogP) is 3.29. The van der Waals surface area contributed by atoms with Gasteiger partial charge < -0.3 is 5.32 Å². The predicted molar refractivity (Wildman–Crippen MR) is 82.5 cm³/mol. The molecule has 19 heavy (non-hydrogen) atoms. The number of hydrogen-bond donors (Lipinski definition) is 1. The third-order valence-corrected chi connectivity index (χ3v) is 4.66. The van der Waals surface area contributed by atoms with Crippen molar-refractivity contribution in [3.8, 4) is 0 Å². The zero-order valence-corrected chi connectivity index (χ0v) is 13.0. The van der Waals surface area contributed by atoms with Crippen LogP contribution in [0.1, 0.15) is 43.0 Å². The lowest BCUT2D eigenvalue weighted by molar-refractivity contribution is 0.182. The molecule has 106 valence electrons. The summed E-state index contributed by atoms with van der Waals surface area (Å²) in [4.78, 5) is 2.67. The molecule has 1 aliphatic rings. The summed E-state index contributed by atoms with van der Waals surface area (Å²) in [5.41, 5.74) is 4.42. The zero-order chi connectivity index (χ0) is 14.0. The zero-order valence-electron chi connectivity index (χ0n) is 13.0. The average Bonchev–Trinajstić information content (AvgIpc) is 2.77. The van der Waals surface area contributed by atoms with Gasteiger partial charge in [0.05, 0.1) is 0 Å². The minimum absolute atomic E-state index is 0.576. The molecule has 2 nitrogen and oxygen atoms in total. The monoisotopic (exact) mass is 260 g/mol. The van der Waals surface area contributed by atoms with Crippen molar-refractivity contribution in [3.63, 3.8) is 0 Å². The van der Waals surface area contributed by atoms with E-state index in [4.69, 9.17) is 0 Å². The normalized spacial score (nSPS) is 24.3. The molecule has 0 amide bonds. The van der Waals surface area contributed by atoms with Crippen LogP contribution in [0.4, 0.5) is 0 Å². The molecular formula is C17H28N2. The molecule has 1 saturated heterocycles. The van der Waals surface area contributed by atoms with Gasteiger partial charge in [-0.25, -0.2) is 0 Å². The van der Waals surface area contributed by atoms with E-state index in [1.54, 1.807) is 0 Å². The smallest absolute Gasteiger partial charge is 0.0394 e. The van der Waals surface area contributed by atoms with E-state index in [-0.39, 0.29) is 0 Å². The summed E-state index contributed by atoms with van der Waals surface area (Å²) in [5, 5.41) is 3.38. The van der Waals surface area contributed by atoms with Gasteiger partial charge >= 0.3 is 0 Å². The summed E-state index contributed by atoms with van der Waals surface area (Å²) < 4.78 is 0. The Morgan fingerprint density at radius 1 is 1.32 bits per heavy atom. The molecule has 1 heterocycles. The van der Waals surface area contributed by atoms with Crippen molar-refractivity contribution in [2.45, 2.75) is 46.2 Å². The Hall–Kier alpha value is -0.860. The first-order chi connectivity index (χ1) is 9.06. The van der Waals surface area contributed by atoms with Crippen molar-refractivity contribution < 1.29 is 0 Å². The number of benzene rings is 1.